The standard InChI is InChI=1S/C19H19ClN4O3S/c20-16-6-5-15(28-16)18(25)23-10-14-11-24(19(26)27-14)13-3-1-12(2-4-13)9-17-21-7-8-22-17/h1-6,14H,7-11H2,(H,21,22)(H,23,25). The Labute approximate surface area is 171 Å². The Morgan fingerprint density at radius 3 is 2.82 bits per heavy atom. The molecule has 1 unspecified atom stereocenters. The second kappa shape index (κ2) is 8.20. The summed E-state index contributed by atoms with van der Waals surface area (Å²) in [6, 6.07) is 11.1. The van der Waals surface area contributed by atoms with Gasteiger partial charge in [0.05, 0.1) is 28.8 Å². The normalized spacial score (nSPS) is 18.6. The Bertz CT molecular complexity index is 912. The monoisotopic (exact) mass is 418 g/mol. The highest BCUT2D eigenvalue weighted by atomic mass is 35.5. The van der Waals surface area contributed by atoms with Gasteiger partial charge in [0.25, 0.3) is 5.91 Å². The lowest BCUT2D eigenvalue weighted by Crippen LogP contribution is -2.34. The first-order chi connectivity index (χ1) is 13.6. The summed E-state index contributed by atoms with van der Waals surface area (Å²) in [4.78, 5) is 30.8. The van der Waals surface area contributed by atoms with Gasteiger partial charge in [0.2, 0.25) is 0 Å². The number of carbonyl (C=O) groups is 2. The third-order valence-electron chi connectivity index (χ3n) is 4.52. The number of benzene rings is 1. The minimum absolute atomic E-state index is 0.223. The van der Waals surface area contributed by atoms with E-state index in [2.05, 4.69) is 15.6 Å². The Kier molecular flexibility index (Phi) is 5.50. The van der Waals surface area contributed by atoms with Crippen molar-refractivity contribution >= 4 is 46.5 Å². The summed E-state index contributed by atoms with van der Waals surface area (Å²) in [5.41, 5.74) is 1.90. The van der Waals surface area contributed by atoms with E-state index in [1.54, 1.807) is 17.0 Å². The smallest absolute Gasteiger partial charge is 0.414 e. The Morgan fingerprint density at radius 2 is 2.14 bits per heavy atom. The van der Waals surface area contributed by atoms with Crippen LogP contribution < -0.4 is 15.5 Å². The molecule has 2 N–H and O–H groups in total. The van der Waals surface area contributed by atoms with Gasteiger partial charge in [-0.25, -0.2) is 4.79 Å². The average molecular weight is 419 g/mol. The zero-order chi connectivity index (χ0) is 19.5. The number of thiophene rings is 1. The van der Waals surface area contributed by atoms with E-state index < -0.39 is 12.2 Å². The van der Waals surface area contributed by atoms with E-state index in [9.17, 15) is 9.59 Å². The van der Waals surface area contributed by atoms with E-state index in [-0.39, 0.29) is 12.5 Å². The van der Waals surface area contributed by atoms with Gasteiger partial charge >= 0.3 is 6.09 Å². The van der Waals surface area contributed by atoms with Crippen LogP contribution in [0.15, 0.2) is 41.4 Å². The molecule has 2 aliphatic heterocycles. The van der Waals surface area contributed by atoms with Crippen molar-refractivity contribution in [2.24, 2.45) is 4.99 Å². The van der Waals surface area contributed by atoms with Gasteiger partial charge in [-0.3, -0.25) is 14.7 Å². The van der Waals surface area contributed by atoms with Crippen LogP contribution in [-0.4, -0.2) is 50.1 Å². The first kappa shape index (κ1) is 18.8. The highest BCUT2D eigenvalue weighted by molar-refractivity contribution is 7.17. The zero-order valence-electron chi connectivity index (χ0n) is 15.0. The first-order valence-electron chi connectivity index (χ1n) is 8.96. The SMILES string of the molecule is O=C(NCC1CN(c2ccc(CC3=NCCN3)cc2)C(=O)O1)c1ccc(Cl)s1. The maximum absolute atomic E-state index is 12.2. The number of nitrogens with one attached hydrogen (secondary N) is 2. The molecule has 0 spiro atoms. The summed E-state index contributed by atoms with van der Waals surface area (Å²) in [6.07, 6.45) is -0.0526. The lowest BCUT2D eigenvalue weighted by Gasteiger charge is -2.14. The number of carbonyl (C=O) groups excluding carboxylic acids is 2. The Balaban J connectivity index is 1.32. The fraction of sp³-hybridized carbons (Fsp3) is 0.316. The number of amides is 2. The number of hydrogen-bond donors (Lipinski definition) is 2. The minimum atomic E-state index is -0.409. The number of hydrogen-bond acceptors (Lipinski definition) is 6. The van der Waals surface area contributed by atoms with Crippen LogP contribution in [0.1, 0.15) is 15.2 Å². The lowest BCUT2D eigenvalue weighted by atomic mass is 10.1. The number of cyclic esters (lactones) is 1. The molecule has 2 amide bonds. The summed E-state index contributed by atoms with van der Waals surface area (Å²) < 4.78 is 5.94. The molecule has 4 rings (SSSR count). The summed E-state index contributed by atoms with van der Waals surface area (Å²) in [5, 5.41) is 6.03. The minimum Gasteiger partial charge on any atom is -0.442 e. The second-order valence-electron chi connectivity index (χ2n) is 6.53. The second-order valence-corrected chi connectivity index (χ2v) is 8.24. The predicted octanol–water partition coefficient (Wildman–Crippen LogP) is 2.70. The molecule has 1 saturated heterocycles. The van der Waals surface area contributed by atoms with Crippen LogP contribution in [0.3, 0.4) is 0 Å². The highest BCUT2D eigenvalue weighted by Crippen LogP contribution is 2.23. The number of rotatable bonds is 6. The van der Waals surface area contributed by atoms with E-state index in [0.29, 0.717) is 15.8 Å². The number of ether oxygens (including phenoxy) is 1. The zero-order valence-corrected chi connectivity index (χ0v) is 16.6. The molecule has 2 aromatic rings. The highest BCUT2D eigenvalue weighted by Gasteiger charge is 2.32. The third-order valence-corrected chi connectivity index (χ3v) is 5.75. The molecule has 9 heteroatoms. The van der Waals surface area contributed by atoms with Crippen molar-refractivity contribution in [3.8, 4) is 0 Å². The van der Waals surface area contributed by atoms with Crippen LogP contribution >= 0.6 is 22.9 Å². The van der Waals surface area contributed by atoms with E-state index in [0.717, 1.165) is 36.6 Å². The fourth-order valence-corrected chi connectivity index (χ4v) is 4.08. The summed E-state index contributed by atoms with van der Waals surface area (Å²) in [6.45, 7) is 2.35. The van der Waals surface area contributed by atoms with E-state index in [1.165, 1.54) is 11.3 Å². The van der Waals surface area contributed by atoms with Crippen LogP contribution in [-0.2, 0) is 11.2 Å². The molecule has 0 saturated carbocycles. The number of amidine groups is 1. The van der Waals surface area contributed by atoms with Crippen molar-refractivity contribution in [2.75, 3.05) is 31.1 Å². The first-order valence-corrected chi connectivity index (χ1v) is 10.2. The molecule has 1 aromatic heterocycles. The topological polar surface area (TPSA) is 83.0 Å². The molecule has 2 aliphatic rings. The molecule has 1 fully saturated rings. The number of halogens is 1. The predicted molar refractivity (Wildman–Crippen MR) is 110 cm³/mol. The summed E-state index contributed by atoms with van der Waals surface area (Å²) in [7, 11) is 0. The van der Waals surface area contributed by atoms with Gasteiger partial charge in [0.15, 0.2) is 0 Å². The van der Waals surface area contributed by atoms with Crippen molar-refractivity contribution < 1.29 is 14.3 Å². The molecule has 28 heavy (non-hydrogen) atoms. The van der Waals surface area contributed by atoms with Crippen LogP contribution in [0.2, 0.25) is 4.34 Å². The van der Waals surface area contributed by atoms with Gasteiger partial charge in [0, 0.05) is 18.7 Å². The van der Waals surface area contributed by atoms with Crippen LogP contribution in [0, 0.1) is 0 Å². The molecular formula is C19H19ClN4O3S. The van der Waals surface area contributed by atoms with Crippen molar-refractivity contribution in [1.82, 2.24) is 10.6 Å². The summed E-state index contributed by atoms with van der Waals surface area (Å²) >= 11 is 7.06. The molecule has 3 heterocycles. The van der Waals surface area contributed by atoms with Gasteiger partial charge in [-0.15, -0.1) is 11.3 Å². The maximum Gasteiger partial charge on any atom is 0.414 e. The van der Waals surface area contributed by atoms with Crippen LogP contribution in [0.25, 0.3) is 0 Å². The number of aliphatic imine (C=N–C) groups is 1. The molecule has 7 nitrogen and oxygen atoms in total. The molecule has 0 bridgehead atoms. The largest absolute Gasteiger partial charge is 0.442 e. The van der Waals surface area contributed by atoms with E-state index in [1.807, 2.05) is 24.3 Å². The Morgan fingerprint density at radius 1 is 1.32 bits per heavy atom. The lowest BCUT2D eigenvalue weighted by molar-refractivity contribution is 0.0920. The third kappa shape index (κ3) is 4.28. The number of nitrogens with zero attached hydrogens (tertiary/aromatic N) is 2. The van der Waals surface area contributed by atoms with Crippen LogP contribution in [0.4, 0.5) is 10.5 Å². The van der Waals surface area contributed by atoms with Gasteiger partial charge in [0.1, 0.15) is 11.9 Å². The summed E-state index contributed by atoms with van der Waals surface area (Å²) in [5.74, 6) is 0.773. The van der Waals surface area contributed by atoms with Crippen LogP contribution in [0.5, 0.6) is 0 Å². The quantitative estimate of drug-likeness (QED) is 0.755. The van der Waals surface area contributed by atoms with Gasteiger partial charge < -0.3 is 15.4 Å². The van der Waals surface area contributed by atoms with E-state index >= 15 is 0 Å². The van der Waals surface area contributed by atoms with Crippen molar-refractivity contribution in [2.45, 2.75) is 12.5 Å². The van der Waals surface area contributed by atoms with E-state index in [4.69, 9.17) is 16.3 Å². The molecule has 0 radical (unpaired) electrons. The van der Waals surface area contributed by atoms with Gasteiger partial charge in [-0.1, -0.05) is 23.7 Å². The van der Waals surface area contributed by atoms with Crippen molar-refractivity contribution in [3.63, 3.8) is 0 Å². The Hall–Kier alpha value is -2.58. The molecule has 146 valence electrons. The molecule has 1 aromatic carbocycles. The maximum atomic E-state index is 12.2. The fourth-order valence-electron chi connectivity index (χ4n) is 3.12. The molecular weight excluding hydrogens is 400 g/mol. The van der Waals surface area contributed by atoms with Crippen molar-refractivity contribution in [1.29, 1.82) is 0 Å². The molecule has 1 atom stereocenters. The number of anilines is 1. The van der Waals surface area contributed by atoms with Gasteiger partial charge in [-0.2, -0.15) is 0 Å². The molecule has 0 aliphatic carbocycles. The average Bonchev–Trinajstić information content (AvgIpc) is 3.42. The van der Waals surface area contributed by atoms with Crippen molar-refractivity contribution in [3.05, 3.63) is 51.2 Å². The van der Waals surface area contributed by atoms with Gasteiger partial charge in [-0.05, 0) is 29.8 Å².